The van der Waals surface area contributed by atoms with Crippen LogP contribution in [-0.2, 0) is 29.0 Å². The summed E-state index contributed by atoms with van der Waals surface area (Å²) >= 11 is 1.08. The topological polar surface area (TPSA) is 113 Å². The third kappa shape index (κ3) is 4.20. The summed E-state index contributed by atoms with van der Waals surface area (Å²) in [5.74, 6) is -1.13. The first-order valence-corrected chi connectivity index (χ1v) is 10.4. The van der Waals surface area contributed by atoms with Gasteiger partial charge >= 0.3 is 11.7 Å². The van der Waals surface area contributed by atoms with E-state index in [-0.39, 0.29) is 19.6 Å². The largest absolute Gasteiger partial charge is 0.462 e. The minimum Gasteiger partial charge on any atom is -0.462 e. The van der Waals surface area contributed by atoms with Crippen molar-refractivity contribution in [1.29, 1.82) is 0 Å². The van der Waals surface area contributed by atoms with Gasteiger partial charge in [0.15, 0.2) is 0 Å². The summed E-state index contributed by atoms with van der Waals surface area (Å²) in [5, 5.41) is 0.292. The maximum Gasteiger partial charge on any atom is 0.348 e. The minimum absolute atomic E-state index is 0.113. The first-order valence-electron chi connectivity index (χ1n) is 9.61. The van der Waals surface area contributed by atoms with E-state index in [1.54, 1.807) is 13.8 Å². The lowest BCUT2D eigenvalue weighted by Gasteiger charge is -2.12. The average molecular weight is 429 g/mol. The van der Waals surface area contributed by atoms with Gasteiger partial charge in [0.25, 0.3) is 5.56 Å². The standard InChI is InChI=1S/C21H23N3O5S/c1-3-29-20(27)17-13(2)16-18(26)23(12-10-15(22)25)21(28)24(19(16)30-17)11-9-14-7-5-4-6-8-14/h4-8H,3,9-12H2,1-2H3,(H2,22,25). The normalized spacial score (nSPS) is 11.0. The molecule has 0 aliphatic heterocycles. The summed E-state index contributed by atoms with van der Waals surface area (Å²) < 4.78 is 7.61. The van der Waals surface area contributed by atoms with Crippen molar-refractivity contribution in [3.63, 3.8) is 0 Å². The number of aryl methyl sites for hydroxylation is 3. The van der Waals surface area contributed by atoms with E-state index in [1.165, 1.54) is 4.57 Å². The summed E-state index contributed by atoms with van der Waals surface area (Å²) in [7, 11) is 0. The summed E-state index contributed by atoms with van der Waals surface area (Å²) in [5.41, 5.74) is 5.66. The van der Waals surface area contributed by atoms with Crippen LogP contribution in [0.15, 0.2) is 39.9 Å². The Morgan fingerprint density at radius 2 is 1.80 bits per heavy atom. The number of primary amides is 1. The second-order valence-corrected chi connectivity index (χ2v) is 7.80. The van der Waals surface area contributed by atoms with Crippen molar-refractivity contribution >= 4 is 33.4 Å². The SMILES string of the molecule is CCOC(=O)c1sc2c(c1C)c(=O)n(CCC(N)=O)c(=O)n2CCc1ccccc1. The average Bonchev–Trinajstić information content (AvgIpc) is 3.06. The molecule has 9 heteroatoms. The molecule has 2 aromatic heterocycles. The van der Waals surface area contributed by atoms with Crippen molar-refractivity contribution in [3.05, 3.63) is 67.2 Å². The fourth-order valence-electron chi connectivity index (χ4n) is 3.29. The number of hydrogen-bond acceptors (Lipinski definition) is 6. The summed E-state index contributed by atoms with van der Waals surface area (Å²) in [6.07, 6.45) is 0.433. The number of thiophene rings is 1. The van der Waals surface area contributed by atoms with Crippen LogP contribution in [0.4, 0.5) is 0 Å². The first-order chi connectivity index (χ1) is 14.3. The molecule has 0 saturated heterocycles. The van der Waals surface area contributed by atoms with Crippen LogP contribution in [0.5, 0.6) is 0 Å². The number of carbonyl (C=O) groups excluding carboxylic acids is 2. The number of rotatable bonds is 8. The highest BCUT2D eigenvalue weighted by Crippen LogP contribution is 2.28. The molecule has 0 radical (unpaired) electrons. The predicted octanol–water partition coefficient (Wildman–Crippen LogP) is 1.83. The van der Waals surface area contributed by atoms with Gasteiger partial charge in [0, 0.05) is 19.5 Å². The number of esters is 1. The molecule has 30 heavy (non-hydrogen) atoms. The van der Waals surface area contributed by atoms with Gasteiger partial charge in [0.2, 0.25) is 5.91 Å². The molecule has 8 nitrogen and oxygen atoms in total. The number of nitrogens with zero attached hydrogens (tertiary/aromatic N) is 2. The maximum atomic E-state index is 13.1. The molecule has 0 bridgehead atoms. The quantitative estimate of drug-likeness (QED) is 0.549. The number of ether oxygens (including phenoxy) is 1. The van der Waals surface area contributed by atoms with Gasteiger partial charge in [-0.05, 0) is 31.4 Å². The number of aromatic nitrogens is 2. The fraction of sp³-hybridized carbons (Fsp3) is 0.333. The second-order valence-electron chi connectivity index (χ2n) is 6.80. The van der Waals surface area contributed by atoms with Gasteiger partial charge in [-0.25, -0.2) is 9.59 Å². The van der Waals surface area contributed by atoms with Crippen molar-refractivity contribution < 1.29 is 14.3 Å². The number of benzene rings is 1. The van der Waals surface area contributed by atoms with Crippen LogP contribution in [0, 0.1) is 6.92 Å². The van der Waals surface area contributed by atoms with Crippen LogP contribution in [0.3, 0.4) is 0 Å². The molecule has 0 spiro atoms. The van der Waals surface area contributed by atoms with Gasteiger partial charge in [-0.2, -0.15) is 0 Å². The first kappa shape index (κ1) is 21.5. The van der Waals surface area contributed by atoms with Gasteiger partial charge in [0.1, 0.15) is 9.71 Å². The fourth-order valence-corrected chi connectivity index (χ4v) is 4.50. The van der Waals surface area contributed by atoms with Crippen LogP contribution >= 0.6 is 11.3 Å². The Hall–Kier alpha value is -3.20. The number of nitrogens with two attached hydrogens (primary N) is 1. The summed E-state index contributed by atoms with van der Waals surface area (Å²) in [6, 6.07) is 9.64. The van der Waals surface area contributed by atoms with Gasteiger partial charge in [0.05, 0.1) is 12.0 Å². The molecule has 158 valence electrons. The molecule has 3 rings (SSSR count). The molecule has 0 aliphatic carbocycles. The zero-order valence-corrected chi connectivity index (χ0v) is 17.7. The molecular formula is C21H23N3O5S. The van der Waals surface area contributed by atoms with E-state index in [4.69, 9.17) is 10.5 Å². The molecule has 0 aliphatic rings. The molecule has 0 saturated carbocycles. The molecule has 1 aromatic carbocycles. The molecular weight excluding hydrogens is 406 g/mol. The lowest BCUT2D eigenvalue weighted by atomic mass is 10.1. The third-order valence-electron chi connectivity index (χ3n) is 4.80. The Morgan fingerprint density at radius 3 is 2.43 bits per heavy atom. The molecule has 2 heterocycles. The Labute approximate surface area is 176 Å². The Morgan fingerprint density at radius 1 is 1.10 bits per heavy atom. The highest BCUT2D eigenvalue weighted by molar-refractivity contribution is 7.20. The zero-order chi connectivity index (χ0) is 21.8. The molecule has 0 unspecified atom stereocenters. The Bertz CT molecular complexity index is 1210. The van der Waals surface area contributed by atoms with E-state index in [0.29, 0.717) is 33.6 Å². The molecule has 1 amide bonds. The Kier molecular flexibility index (Phi) is 6.51. The van der Waals surface area contributed by atoms with E-state index in [2.05, 4.69) is 0 Å². The van der Waals surface area contributed by atoms with Crippen molar-refractivity contribution in [3.8, 4) is 0 Å². The lowest BCUT2D eigenvalue weighted by Crippen LogP contribution is -2.40. The smallest absolute Gasteiger partial charge is 0.348 e. The molecule has 2 N–H and O–H groups in total. The van der Waals surface area contributed by atoms with E-state index in [9.17, 15) is 19.2 Å². The van der Waals surface area contributed by atoms with Crippen LogP contribution in [0.1, 0.15) is 34.1 Å². The molecule has 0 fully saturated rings. The highest BCUT2D eigenvalue weighted by atomic mass is 32.1. The molecule has 0 atom stereocenters. The number of carbonyl (C=O) groups is 2. The second kappa shape index (κ2) is 9.08. The van der Waals surface area contributed by atoms with Crippen LogP contribution in [0.25, 0.3) is 10.2 Å². The number of fused-ring (bicyclic) bond motifs is 1. The van der Waals surface area contributed by atoms with Gasteiger partial charge < -0.3 is 10.5 Å². The molecule has 3 aromatic rings. The van der Waals surface area contributed by atoms with Crippen LogP contribution in [-0.4, -0.2) is 27.6 Å². The third-order valence-corrected chi connectivity index (χ3v) is 6.10. The van der Waals surface area contributed by atoms with Crippen molar-refractivity contribution in [2.24, 2.45) is 5.73 Å². The minimum atomic E-state index is -0.605. The maximum absolute atomic E-state index is 13.1. The van der Waals surface area contributed by atoms with Gasteiger partial charge in [-0.15, -0.1) is 11.3 Å². The van der Waals surface area contributed by atoms with Gasteiger partial charge in [-0.3, -0.25) is 18.7 Å². The lowest BCUT2D eigenvalue weighted by molar-refractivity contribution is -0.118. The summed E-state index contributed by atoms with van der Waals surface area (Å²) in [6.45, 7) is 3.77. The predicted molar refractivity (Wildman–Crippen MR) is 115 cm³/mol. The van der Waals surface area contributed by atoms with Crippen molar-refractivity contribution in [2.45, 2.75) is 39.8 Å². The van der Waals surface area contributed by atoms with Crippen molar-refractivity contribution in [2.75, 3.05) is 6.61 Å². The van der Waals surface area contributed by atoms with Gasteiger partial charge in [-0.1, -0.05) is 30.3 Å². The van der Waals surface area contributed by atoms with Crippen molar-refractivity contribution in [1.82, 2.24) is 9.13 Å². The van der Waals surface area contributed by atoms with E-state index >= 15 is 0 Å². The highest BCUT2D eigenvalue weighted by Gasteiger charge is 2.23. The van der Waals surface area contributed by atoms with E-state index < -0.39 is 23.1 Å². The Balaban J connectivity index is 2.18. The van der Waals surface area contributed by atoms with E-state index in [1.807, 2.05) is 30.3 Å². The van der Waals surface area contributed by atoms with Crippen LogP contribution in [0.2, 0.25) is 0 Å². The van der Waals surface area contributed by atoms with Crippen LogP contribution < -0.4 is 17.0 Å². The number of hydrogen-bond donors (Lipinski definition) is 1. The monoisotopic (exact) mass is 429 g/mol. The van der Waals surface area contributed by atoms with E-state index in [0.717, 1.165) is 21.5 Å². The zero-order valence-electron chi connectivity index (χ0n) is 16.8. The number of amides is 1. The summed E-state index contributed by atoms with van der Waals surface area (Å²) in [4.78, 5) is 50.5.